The third-order valence-corrected chi connectivity index (χ3v) is 5.20. The molecule has 9 heteroatoms. The molecule has 0 bridgehead atoms. The molecule has 2 heterocycles. The molecule has 0 N–H and O–H groups in total. The molecule has 0 unspecified atom stereocenters. The fraction of sp³-hybridized carbons (Fsp3) is 0.364. The minimum Gasteiger partial charge on any atom is -0.447 e. The molecule has 0 atom stereocenters. The molecule has 2 aromatic carbocycles. The number of piperazine rings is 1. The van der Waals surface area contributed by atoms with Gasteiger partial charge in [0, 0.05) is 44.4 Å². The molecular formula is C22H25FN6O2. The summed E-state index contributed by atoms with van der Waals surface area (Å²) in [5, 5.41) is 10.9. The Hall–Kier alpha value is -3.33. The van der Waals surface area contributed by atoms with Crippen molar-refractivity contribution in [3.63, 3.8) is 0 Å². The number of rotatable bonds is 5. The van der Waals surface area contributed by atoms with E-state index >= 15 is 0 Å². The first-order valence-electron chi connectivity index (χ1n) is 10.3. The normalized spacial score (nSPS) is 14.8. The van der Waals surface area contributed by atoms with E-state index in [1.54, 1.807) is 17.0 Å². The summed E-state index contributed by atoms with van der Waals surface area (Å²) >= 11 is 0. The Morgan fingerprint density at radius 3 is 2.45 bits per heavy atom. The van der Waals surface area contributed by atoms with Gasteiger partial charge in [0.1, 0.15) is 12.1 Å². The average Bonchev–Trinajstić information content (AvgIpc) is 3.29. The zero-order chi connectivity index (χ0) is 21.8. The number of ether oxygens (including phenoxy) is 1. The standard InChI is InChI=1S/C22H25FN6O2/c1-16(2)31-22(30)28-11-9-27(10-12-28)14-17-3-5-18(6-4-17)20-8-7-19(13-21(20)23)29-15-24-25-26-29/h3-8,13,15-16H,9-12,14H2,1-2H3. The lowest BCUT2D eigenvalue weighted by molar-refractivity contribution is 0.0559. The maximum Gasteiger partial charge on any atom is 0.410 e. The lowest BCUT2D eigenvalue weighted by Crippen LogP contribution is -2.48. The highest BCUT2D eigenvalue weighted by molar-refractivity contribution is 5.68. The first-order chi connectivity index (χ1) is 15.0. The van der Waals surface area contributed by atoms with Crippen LogP contribution in [0.1, 0.15) is 19.4 Å². The van der Waals surface area contributed by atoms with Gasteiger partial charge in [-0.15, -0.1) is 5.10 Å². The monoisotopic (exact) mass is 424 g/mol. The Morgan fingerprint density at radius 2 is 1.84 bits per heavy atom. The SMILES string of the molecule is CC(C)OC(=O)N1CCN(Cc2ccc(-c3ccc(-n4cnnn4)cc3F)cc2)CC1. The average molecular weight is 424 g/mol. The molecule has 1 aliphatic heterocycles. The largest absolute Gasteiger partial charge is 0.447 e. The Balaban J connectivity index is 1.35. The number of aromatic nitrogens is 4. The zero-order valence-corrected chi connectivity index (χ0v) is 17.6. The van der Waals surface area contributed by atoms with Gasteiger partial charge in [-0.25, -0.2) is 13.9 Å². The van der Waals surface area contributed by atoms with E-state index in [4.69, 9.17) is 4.74 Å². The van der Waals surface area contributed by atoms with E-state index in [9.17, 15) is 9.18 Å². The number of tetrazole rings is 1. The molecule has 162 valence electrons. The molecule has 1 saturated heterocycles. The Kier molecular flexibility index (Phi) is 6.22. The van der Waals surface area contributed by atoms with Gasteiger partial charge in [-0.1, -0.05) is 24.3 Å². The quantitative estimate of drug-likeness (QED) is 0.626. The lowest BCUT2D eigenvalue weighted by Gasteiger charge is -2.34. The summed E-state index contributed by atoms with van der Waals surface area (Å²) < 4.78 is 21.3. The molecular weight excluding hydrogens is 399 g/mol. The predicted octanol–water partition coefficient (Wildman–Crippen LogP) is 3.13. The van der Waals surface area contributed by atoms with E-state index in [0.29, 0.717) is 24.3 Å². The van der Waals surface area contributed by atoms with Crippen LogP contribution in [0.2, 0.25) is 0 Å². The van der Waals surface area contributed by atoms with Crippen molar-refractivity contribution in [1.82, 2.24) is 30.0 Å². The van der Waals surface area contributed by atoms with Gasteiger partial charge in [0.05, 0.1) is 11.8 Å². The van der Waals surface area contributed by atoms with Crippen molar-refractivity contribution in [2.75, 3.05) is 26.2 Å². The van der Waals surface area contributed by atoms with E-state index in [1.807, 2.05) is 38.1 Å². The van der Waals surface area contributed by atoms with Gasteiger partial charge in [-0.2, -0.15) is 0 Å². The number of carbonyl (C=O) groups is 1. The molecule has 1 aromatic heterocycles. The van der Waals surface area contributed by atoms with E-state index in [-0.39, 0.29) is 18.0 Å². The third-order valence-electron chi connectivity index (χ3n) is 5.20. The van der Waals surface area contributed by atoms with Crippen molar-refractivity contribution < 1.29 is 13.9 Å². The van der Waals surface area contributed by atoms with Gasteiger partial charge in [-0.3, -0.25) is 4.90 Å². The molecule has 31 heavy (non-hydrogen) atoms. The molecule has 0 saturated carbocycles. The Labute approximate surface area is 180 Å². The smallest absolute Gasteiger partial charge is 0.410 e. The van der Waals surface area contributed by atoms with Crippen LogP contribution < -0.4 is 0 Å². The summed E-state index contributed by atoms with van der Waals surface area (Å²) in [7, 11) is 0. The van der Waals surface area contributed by atoms with Crippen LogP contribution >= 0.6 is 0 Å². The second-order valence-electron chi connectivity index (χ2n) is 7.81. The zero-order valence-electron chi connectivity index (χ0n) is 17.6. The lowest BCUT2D eigenvalue weighted by atomic mass is 10.0. The van der Waals surface area contributed by atoms with Crippen LogP contribution in [0.3, 0.4) is 0 Å². The molecule has 4 rings (SSSR count). The summed E-state index contributed by atoms with van der Waals surface area (Å²) in [6.07, 6.45) is 1.08. The number of halogens is 1. The molecule has 1 amide bonds. The highest BCUT2D eigenvalue weighted by Crippen LogP contribution is 2.25. The molecule has 1 fully saturated rings. The van der Waals surface area contributed by atoms with Crippen LogP contribution in [0.4, 0.5) is 9.18 Å². The second kappa shape index (κ2) is 9.22. The minimum absolute atomic E-state index is 0.107. The summed E-state index contributed by atoms with van der Waals surface area (Å²) in [5.41, 5.74) is 3.05. The number of amides is 1. The highest BCUT2D eigenvalue weighted by atomic mass is 19.1. The van der Waals surface area contributed by atoms with Crippen molar-refractivity contribution in [2.45, 2.75) is 26.5 Å². The van der Waals surface area contributed by atoms with E-state index in [1.165, 1.54) is 17.1 Å². The summed E-state index contributed by atoms with van der Waals surface area (Å²) in [6.45, 7) is 7.39. The Morgan fingerprint density at radius 1 is 1.10 bits per heavy atom. The first-order valence-corrected chi connectivity index (χ1v) is 10.3. The van der Waals surface area contributed by atoms with Crippen molar-refractivity contribution in [3.8, 4) is 16.8 Å². The van der Waals surface area contributed by atoms with Gasteiger partial charge in [0.2, 0.25) is 0 Å². The second-order valence-corrected chi connectivity index (χ2v) is 7.81. The van der Waals surface area contributed by atoms with Crippen LogP contribution in [0.15, 0.2) is 48.8 Å². The summed E-state index contributed by atoms with van der Waals surface area (Å²) in [5.74, 6) is -0.329. The third kappa shape index (κ3) is 5.05. The van der Waals surface area contributed by atoms with Crippen LogP contribution in [0, 0.1) is 5.82 Å². The van der Waals surface area contributed by atoms with Crippen molar-refractivity contribution in [2.24, 2.45) is 0 Å². The fourth-order valence-electron chi connectivity index (χ4n) is 3.57. The molecule has 0 radical (unpaired) electrons. The van der Waals surface area contributed by atoms with Crippen molar-refractivity contribution in [3.05, 3.63) is 60.2 Å². The maximum atomic E-state index is 14.6. The van der Waals surface area contributed by atoms with Gasteiger partial charge < -0.3 is 9.64 Å². The number of benzene rings is 2. The Bertz CT molecular complexity index is 1010. The van der Waals surface area contributed by atoms with Gasteiger partial charge >= 0.3 is 6.09 Å². The van der Waals surface area contributed by atoms with Crippen molar-refractivity contribution >= 4 is 6.09 Å². The van der Waals surface area contributed by atoms with Gasteiger partial charge in [0.15, 0.2) is 0 Å². The minimum atomic E-state index is -0.329. The van der Waals surface area contributed by atoms with Gasteiger partial charge in [-0.05, 0) is 47.5 Å². The van der Waals surface area contributed by atoms with E-state index in [2.05, 4.69) is 20.4 Å². The molecule has 3 aromatic rings. The highest BCUT2D eigenvalue weighted by Gasteiger charge is 2.22. The van der Waals surface area contributed by atoms with Crippen LogP contribution in [0.25, 0.3) is 16.8 Å². The predicted molar refractivity (Wildman–Crippen MR) is 113 cm³/mol. The van der Waals surface area contributed by atoms with Crippen LogP contribution in [-0.2, 0) is 11.3 Å². The van der Waals surface area contributed by atoms with E-state index in [0.717, 1.165) is 30.8 Å². The molecule has 0 spiro atoms. The first kappa shape index (κ1) is 20.9. The molecule has 8 nitrogen and oxygen atoms in total. The fourth-order valence-corrected chi connectivity index (χ4v) is 3.57. The molecule has 1 aliphatic rings. The topological polar surface area (TPSA) is 76.4 Å². The van der Waals surface area contributed by atoms with Crippen LogP contribution in [-0.4, -0.2) is 68.4 Å². The maximum absolute atomic E-state index is 14.6. The molecule has 0 aliphatic carbocycles. The van der Waals surface area contributed by atoms with Crippen LogP contribution in [0.5, 0.6) is 0 Å². The number of hydrogen-bond donors (Lipinski definition) is 0. The van der Waals surface area contributed by atoms with Crippen molar-refractivity contribution in [1.29, 1.82) is 0 Å². The van der Waals surface area contributed by atoms with E-state index < -0.39 is 0 Å². The van der Waals surface area contributed by atoms with Gasteiger partial charge in [0.25, 0.3) is 0 Å². The number of carbonyl (C=O) groups excluding carboxylic acids is 1. The summed E-state index contributed by atoms with van der Waals surface area (Å²) in [6, 6.07) is 12.8. The number of hydrogen-bond acceptors (Lipinski definition) is 6. The number of nitrogens with zero attached hydrogens (tertiary/aromatic N) is 6. The summed E-state index contributed by atoms with van der Waals surface area (Å²) in [4.78, 5) is 16.1.